The number of benzene rings is 1. The van der Waals surface area contributed by atoms with Crippen LogP contribution in [0.4, 0.5) is 0 Å². The van der Waals surface area contributed by atoms with Gasteiger partial charge in [0.25, 0.3) is 0 Å². The maximum absolute atomic E-state index is 4.44. The maximum atomic E-state index is 4.44. The maximum Gasteiger partial charge on any atom is 0.0543 e. The Morgan fingerprint density at radius 3 is 2.69 bits per heavy atom. The highest BCUT2D eigenvalue weighted by atomic mass is 15.1. The number of para-hydroxylation sites is 1. The van der Waals surface area contributed by atoms with Gasteiger partial charge in [-0.15, -0.1) is 0 Å². The second-order valence-corrected chi connectivity index (χ2v) is 7.25. The molecule has 0 atom stereocenters. The molecule has 1 N–H and O–H groups in total. The number of nitrogens with one attached hydrogen (secondary N) is 1. The molecule has 1 saturated heterocycles. The van der Waals surface area contributed by atoms with Crippen LogP contribution < -0.4 is 5.32 Å². The Hall–Kier alpha value is -2.17. The SMILES string of the molecule is c1ccc(CN2CCC(NCCCn3ccc4ccccc43)CC2)nc1. The van der Waals surface area contributed by atoms with Gasteiger partial charge in [-0.3, -0.25) is 9.88 Å². The molecule has 26 heavy (non-hydrogen) atoms. The van der Waals surface area contributed by atoms with E-state index < -0.39 is 0 Å². The summed E-state index contributed by atoms with van der Waals surface area (Å²) in [5.41, 5.74) is 2.52. The number of aromatic nitrogens is 2. The fourth-order valence-corrected chi connectivity index (χ4v) is 3.91. The van der Waals surface area contributed by atoms with Gasteiger partial charge in [-0.05, 0) is 55.5 Å². The van der Waals surface area contributed by atoms with Gasteiger partial charge >= 0.3 is 0 Å². The summed E-state index contributed by atoms with van der Waals surface area (Å²) < 4.78 is 2.37. The van der Waals surface area contributed by atoms with Gasteiger partial charge in [-0.1, -0.05) is 24.3 Å². The Morgan fingerprint density at radius 2 is 1.85 bits per heavy atom. The van der Waals surface area contributed by atoms with Crippen LogP contribution in [-0.2, 0) is 13.1 Å². The second kappa shape index (κ2) is 8.47. The van der Waals surface area contributed by atoms with Crippen molar-refractivity contribution >= 4 is 10.9 Å². The van der Waals surface area contributed by atoms with Gasteiger partial charge in [-0.25, -0.2) is 0 Å². The topological polar surface area (TPSA) is 33.1 Å². The van der Waals surface area contributed by atoms with Gasteiger partial charge < -0.3 is 9.88 Å². The fraction of sp³-hybridized carbons (Fsp3) is 0.409. The summed E-state index contributed by atoms with van der Waals surface area (Å²) in [5, 5.41) is 5.09. The number of piperidine rings is 1. The van der Waals surface area contributed by atoms with E-state index in [0.717, 1.165) is 32.7 Å². The molecule has 0 aliphatic carbocycles. The van der Waals surface area contributed by atoms with Crippen molar-refractivity contribution in [1.82, 2.24) is 19.8 Å². The fourth-order valence-electron chi connectivity index (χ4n) is 3.91. The van der Waals surface area contributed by atoms with Crippen molar-refractivity contribution in [2.45, 2.75) is 38.4 Å². The van der Waals surface area contributed by atoms with E-state index in [1.54, 1.807) is 0 Å². The van der Waals surface area contributed by atoms with Gasteiger partial charge in [0.05, 0.1) is 5.69 Å². The van der Waals surface area contributed by atoms with Crippen LogP contribution in [0.15, 0.2) is 60.9 Å². The Balaban J connectivity index is 1.16. The zero-order valence-electron chi connectivity index (χ0n) is 15.3. The number of hydrogen-bond acceptors (Lipinski definition) is 3. The highest BCUT2D eigenvalue weighted by Crippen LogP contribution is 2.16. The van der Waals surface area contributed by atoms with Crippen molar-refractivity contribution in [3.63, 3.8) is 0 Å². The molecule has 4 heteroatoms. The van der Waals surface area contributed by atoms with Crippen molar-refractivity contribution in [2.75, 3.05) is 19.6 Å². The number of nitrogens with zero attached hydrogens (tertiary/aromatic N) is 3. The predicted octanol–water partition coefficient (Wildman–Crippen LogP) is 3.68. The highest BCUT2D eigenvalue weighted by molar-refractivity contribution is 5.79. The first kappa shape index (κ1) is 17.3. The predicted molar refractivity (Wildman–Crippen MR) is 107 cm³/mol. The minimum atomic E-state index is 0.663. The summed E-state index contributed by atoms with van der Waals surface area (Å²) in [4.78, 5) is 6.96. The number of rotatable bonds is 7. The van der Waals surface area contributed by atoms with E-state index in [1.807, 2.05) is 12.3 Å². The average molecular weight is 348 g/mol. The molecule has 2 aromatic heterocycles. The summed E-state index contributed by atoms with van der Waals surface area (Å²) in [7, 11) is 0. The van der Waals surface area contributed by atoms with Crippen molar-refractivity contribution in [3.8, 4) is 0 Å². The molecule has 0 amide bonds. The molecule has 3 aromatic rings. The van der Waals surface area contributed by atoms with E-state index >= 15 is 0 Å². The van der Waals surface area contributed by atoms with Gasteiger partial charge in [0.1, 0.15) is 0 Å². The molecule has 1 aromatic carbocycles. The number of hydrogen-bond donors (Lipinski definition) is 1. The number of pyridine rings is 1. The van der Waals surface area contributed by atoms with E-state index in [4.69, 9.17) is 0 Å². The van der Waals surface area contributed by atoms with Gasteiger partial charge in [-0.2, -0.15) is 0 Å². The molecule has 0 spiro atoms. The van der Waals surface area contributed by atoms with Crippen molar-refractivity contribution in [1.29, 1.82) is 0 Å². The lowest BCUT2D eigenvalue weighted by molar-refractivity contribution is 0.188. The van der Waals surface area contributed by atoms with Crippen LogP contribution in [0.25, 0.3) is 10.9 Å². The van der Waals surface area contributed by atoms with Gasteiger partial charge in [0, 0.05) is 50.1 Å². The van der Waals surface area contributed by atoms with Gasteiger partial charge in [0.15, 0.2) is 0 Å². The third kappa shape index (κ3) is 4.32. The number of aryl methyl sites for hydroxylation is 1. The van der Waals surface area contributed by atoms with Crippen LogP contribution in [0.2, 0.25) is 0 Å². The van der Waals surface area contributed by atoms with E-state index in [1.165, 1.54) is 35.9 Å². The Bertz CT molecular complexity index is 803. The van der Waals surface area contributed by atoms with Crippen LogP contribution in [0, 0.1) is 0 Å². The third-order valence-corrected chi connectivity index (χ3v) is 5.39. The summed E-state index contributed by atoms with van der Waals surface area (Å²) in [6.45, 7) is 5.48. The average Bonchev–Trinajstić information content (AvgIpc) is 3.11. The molecule has 0 radical (unpaired) electrons. The molecule has 1 fully saturated rings. The number of fused-ring (bicyclic) bond motifs is 1. The lowest BCUT2D eigenvalue weighted by Gasteiger charge is -2.32. The van der Waals surface area contributed by atoms with Crippen LogP contribution in [0.3, 0.4) is 0 Å². The monoisotopic (exact) mass is 348 g/mol. The Kier molecular flexibility index (Phi) is 5.62. The zero-order chi connectivity index (χ0) is 17.6. The van der Waals surface area contributed by atoms with E-state index in [-0.39, 0.29) is 0 Å². The van der Waals surface area contributed by atoms with Gasteiger partial charge in [0.2, 0.25) is 0 Å². The van der Waals surface area contributed by atoms with Crippen molar-refractivity contribution in [2.24, 2.45) is 0 Å². The highest BCUT2D eigenvalue weighted by Gasteiger charge is 2.18. The van der Waals surface area contributed by atoms with Crippen molar-refractivity contribution < 1.29 is 0 Å². The third-order valence-electron chi connectivity index (χ3n) is 5.39. The van der Waals surface area contributed by atoms with Crippen LogP contribution in [0.1, 0.15) is 25.0 Å². The lowest BCUT2D eigenvalue weighted by Crippen LogP contribution is -2.42. The molecule has 4 rings (SSSR count). The molecule has 0 unspecified atom stereocenters. The minimum absolute atomic E-state index is 0.663. The molecule has 0 bridgehead atoms. The molecule has 3 heterocycles. The minimum Gasteiger partial charge on any atom is -0.347 e. The van der Waals surface area contributed by atoms with E-state index in [9.17, 15) is 0 Å². The first-order valence-corrected chi connectivity index (χ1v) is 9.78. The summed E-state index contributed by atoms with van der Waals surface area (Å²) in [5.74, 6) is 0. The smallest absolute Gasteiger partial charge is 0.0543 e. The van der Waals surface area contributed by atoms with Crippen LogP contribution >= 0.6 is 0 Å². The number of likely N-dealkylation sites (tertiary alicyclic amines) is 1. The molecule has 4 nitrogen and oxygen atoms in total. The first-order valence-electron chi connectivity index (χ1n) is 9.78. The summed E-state index contributed by atoms with van der Waals surface area (Å²) >= 11 is 0. The van der Waals surface area contributed by atoms with E-state index in [0.29, 0.717) is 6.04 Å². The quantitative estimate of drug-likeness (QED) is 0.661. The molecule has 0 saturated carbocycles. The Labute approximate surface area is 155 Å². The van der Waals surface area contributed by atoms with Crippen molar-refractivity contribution in [3.05, 3.63) is 66.6 Å². The molecular formula is C22H28N4. The molecular weight excluding hydrogens is 320 g/mol. The summed E-state index contributed by atoms with van der Waals surface area (Å²) in [6, 6.07) is 17.7. The first-order chi connectivity index (χ1) is 12.9. The largest absolute Gasteiger partial charge is 0.347 e. The standard InChI is InChI=1S/C22H28N4/c1-2-8-22-19(6-1)9-17-26(22)14-5-13-23-20-10-15-25(16-11-20)18-21-7-3-4-12-24-21/h1-4,6-9,12,17,20,23H,5,10-11,13-16,18H2. The summed E-state index contributed by atoms with van der Waals surface area (Å²) in [6.07, 6.45) is 7.74. The Morgan fingerprint density at radius 1 is 1.00 bits per heavy atom. The van der Waals surface area contributed by atoms with Crippen LogP contribution in [-0.4, -0.2) is 40.1 Å². The molecule has 136 valence electrons. The lowest BCUT2D eigenvalue weighted by atomic mass is 10.0. The van der Waals surface area contributed by atoms with Crippen LogP contribution in [0.5, 0.6) is 0 Å². The zero-order valence-corrected chi connectivity index (χ0v) is 15.3. The molecule has 1 aliphatic heterocycles. The normalized spacial score (nSPS) is 16.3. The second-order valence-electron chi connectivity index (χ2n) is 7.25. The molecule has 1 aliphatic rings. The van der Waals surface area contributed by atoms with E-state index in [2.05, 4.69) is 68.4 Å².